The Bertz CT molecular complexity index is 542. The van der Waals surface area contributed by atoms with Crippen LogP contribution < -0.4 is 10.1 Å². The van der Waals surface area contributed by atoms with Crippen molar-refractivity contribution in [3.05, 3.63) is 48.3 Å². The van der Waals surface area contributed by atoms with Gasteiger partial charge in [0, 0.05) is 24.0 Å². The molecule has 1 unspecified atom stereocenters. The van der Waals surface area contributed by atoms with E-state index in [1.165, 1.54) is 6.07 Å². The third-order valence-corrected chi connectivity index (χ3v) is 3.31. The number of hydrogen-bond acceptors (Lipinski definition) is 3. The second kappa shape index (κ2) is 7.78. The minimum Gasteiger partial charge on any atom is -0.491 e. The first-order valence-corrected chi connectivity index (χ1v) is 7.32. The number of ether oxygens (including phenoxy) is 1. The molecule has 1 aromatic carbocycles. The van der Waals surface area contributed by atoms with Crippen LogP contribution in [0.3, 0.4) is 0 Å². The van der Waals surface area contributed by atoms with Crippen molar-refractivity contribution in [2.75, 3.05) is 13.2 Å². The molecule has 0 radical (unpaired) electrons. The van der Waals surface area contributed by atoms with Gasteiger partial charge in [0.2, 0.25) is 0 Å². The van der Waals surface area contributed by atoms with Crippen molar-refractivity contribution in [2.24, 2.45) is 0 Å². The molecule has 0 saturated heterocycles. The van der Waals surface area contributed by atoms with Crippen molar-refractivity contribution >= 4 is 0 Å². The Morgan fingerprint density at radius 3 is 3.00 bits per heavy atom. The van der Waals surface area contributed by atoms with Crippen molar-refractivity contribution in [3.8, 4) is 5.75 Å². The maximum Gasteiger partial charge on any atom is 0.124 e. The van der Waals surface area contributed by atoms with E-state index in [0.717, 1.165) is 24.3 Å². The molecule has 114 valence electrons. The van der Waals surface area contributed by atoms with Gasteiger partial charge in [-0.1, -0.05) is 6.92 Å². The van der Waals surface area contributed by atoms with Crippen LogP contribution in [0.15, 0.2) is 36.9 Å². The molecule has 4 nitrogen and oxygen atoms in total. The zero-order valence-corrected chi connectivity index (χ0v) is 12.6. The molecule has 0 spiro atoms. The normalized spacial score (nSPS) is 12.3. The molecular weight excluding hydrogens is 269 g/mol. The van der Waals surface area contributed by atoms with Crippen LogP contribution in [-0.2, 0) is 6.54 Å². The summed E-state index contributed by atoms with van der Waals surface area (Å²) in [5.41, 5.74) is 0.856. The summed E-state index contributed by atoms with van der Waals surface area (Å²) in [6, 6.07) is 4.73. The third kappa shape index (κ3) is 4.56. The minimum atomic E-state index is -0.239. The summed E-state index contributed by atoms with van der Waals surface area (Å²) in [6.07, 6.45) is 6.41. The Morgan fingerprint density at radius 1 is 1.43 bits per heavy atom. The lowest BCUT2D eigenvalue weighted by molar-refractivity contribution is 0.292. The molecule has 1 N–H and O–H groups in total. The number of benzene rings is 1. The average molecular weight is 291 g/mol. The van der Waals surface area contributed by atoms with Gasteiger partial charge in [0.05, 0.1) is 12.9 Å². The summed E-state index contributed by atoms with van der Waals surface area (Å²) in [5, 5.41) is 3.36. The van der Waals surface area contributed by atoms with E-state index in [4.69, 9.17) is 4.74 Å². The fourth-order valence-corrected chi connectivity index (χ4v) is 2.14. The largest absolute Gasteiger partial charge is 0.491 e. The topological polar surface area (TPSA) is 39.1 Å². The summed E-state index contributed by atoms with van der Waals surface area (Å²) < 4.78 is 21.2. The maximum absolute atomic E-state index is 13.5. The second-order valence-corrected chi connectivity index (χ2v) is 5.01. The average Bonchev–Trinajstić information content (AvgIpc) is 2.99. The Balaban J connectivity index is 2.00. The fourth-order valence-electron chi connectivity index (χ4n) is 2.14. The lowest BCUT2D eigenvalue weighted by Crippen LogP contribution is -2.20. The molecule has 0 bridgehead atoms. The summed E-state index contributed by atoms with van der Waals surface area (Å²) in [6.45, 7) is 6.26. The first-order valence-electron chi connectivity index (χ1n) is 7.32. The molecule has 0 fully saturated rings. The van der Waals surface area contributed by atoms with Gasteiger partial charge in [-0.2, -0.15) is 0 Å². The monoisotopic (exact) mass is 291 g/mol. The molecule has 2 rings (SSSR count). The molecule has 1 aromatic heterocycles. The second-order valence-electron chi connectivity index (χ2n) is 5.01. The van der Waals surface area contributed by atoms with Gasteiger partial charge in [-0.15, -0.1) is 0 Å². The molecule has 0 amide bonds. The molecule has 0 aliphatic carbocycles. The standard InChI is InChI=1S/C16H22FN3O/c1-3-6-19-13(2)15-11-14(17)4-5-16(15)21-10-9-20-8-7-18-12-20/h4-5,7-8,11-13,19H,3,6,9-10H2,1-2H3. The molecule has 0 saturated carbocycles. The number of halogens is 1. The van der Waals surface area contributed by atoms with Crippen LogP contribution in [0.4, 0.5) is 4.39 Å². The zero-order chi connectivity index (χ0) is 15.1. The molecule has 1 heterocycles. The molecule has 2 aromatic rings. The first-order chi connectivity index (χ1) is 10.2. The number of nitrogens with zero attached hydrogens (tertiary/aromatic N) is 2. The highest BCUT2D eigenvalue weighted by Crippen LogP contribution is 2.26. The smallest absolute Gasteiger partial charge is 0.124 e. The van der Waals surface area contributed by atoms with Gasteiger partial charge in [0.1, 0.15) is 18.2 Å². The van der Waals surface area contributed by atoms with Crippen molar-refractivity contribution in [2.45, 2.75) is 32.9 Å². The number of hydrogen-bond donors (Lipinski definition) is 1. The van der Waals surface area contributed by atoms with Crippen molar-refractivity contribution in [3.63, 3.8) is 0 Å². The quantitative estimate of drug-likeness (QED) is 0.812. The molecule has 0 aliphatic rings. The molecule has 0 aliphatic heterocycles. The Morgan fingerprint density at radius 2 is 2.29 bits per heavy atom. The van der Waals surface area contributed by atoms with E-state index >= 15 is 0 Å². The van der Waals surface area contributed by atoms with Gasteiger partial charge in [0.15, 0.2) is 0 Å². The van der Waals surface area contributed by atoms with E-state index in [9.17, 15) is 4.39 Å². The summed E-state index contributed by atoms with van der Waals surface area (Å²) >= 11 is 0. The molecule has 1 atom stereocenters. The third-order valence-electron chi connectivity index (χ3n) is 3.31. The number of rotatable bonds is 8. The van der Waals surface area contributed by atoms with E-state index < -0.39 is 0 Å². The van der Waals surface area contributed by atoms with Gasteiger partial charge in [-0.3, -0.25) is 0 Å². The Kier molecular flexibility index (Phi) is 5.75. The van der Waals surface area contributed by atoms with E-state index in [1.807, 2.05) is 17.7 Å². The van der Waals surface area contributed by atoms with Crippen molar-refractivity contribution < 1.29 is 9.13 Å². The van der Waals surface area contributed by atoms with Crippen LogP contribution in [0.25, 0.3) is 0 Å². The number of imidazole rings is 1. The fraction of sp³-hybridized carbons (Fsp3) is 0.438. The van der Waals surface area contributed by atoms with Crippen LogP contribution >= 0.6 is 0 Å². The SMILES string of the molecule is CCCNC(C)c1cc(F)ccc1OCCn1ccnc1. The van der Waals surface area contributed by atoms with Crippen LogP contribution in [0.1, 0.15) is 31.9 Å². The van der Waals surface area contributed by atoms with E-state index in [-0.39, 0.29) is 11.9 Å². The van der Waals surface area contributed by atoms with Crippen LogP contribution in [-0.4, -0.2) is 22.7 Å². The lowest BCUT2D eigenvalue weighted by atomic mass is 10.1. The summed E-state index contributed by atoms with van der Waals surface area (Å²) in [7, 11) is 0. The van der Waals surface area contributed by atoms with Crippen LogP contribution in [0, 0.1) is 5.82 Å². The highest BCUT2D eigenvalue weighted by molar-refractivity contribution is 5.36. The van der Waals surface area contributed by atoms with E-state index in [2.05, 4.69) is 17.2 Å². The number of nitrogens with one attached hydrogen (secondary N) is 1. The van der Waals surface area contributed by atoms with Gasteiger partial charge in [-0.25, -0.2) is 9.37 Å². The highest BCUT2D eigenvalue weighted by Gasteiger charge is 2.12. The number of aromatic nitrogens is 2. The zero-order valence-electron chi connectivity index (χ0n) is 12.6. The maximum atomic E-state index is 13.5. The lowest BCUT2D eigenvalue weighted by Gasteiger charge is -2.18. The highest BCUT2D eigenvalue weighted by atomic mass is 19.1. The van der Waals surface area contributed by atoms with Crippen molar-refractivity contribution in [1.29, 1.82) is 0 Å². The Labute approximate surface area is 125 Å². The Hall–Kier alpha value is -1.88. The van der Waals surface area contributed by atoms with Crippen LogP contribution in [0.5, 0.6) is 5.75 Å². The molecule has 5 heteroatoms. The first kappa shape index (κ1) is 15.5. The van der Waals surface area contributed by atoms with Gasteiger partial charge >= 0.3 is 0 Å². The molecular formula is C16H22FN3O. The van der Waals surface area contributed by atoms with Crippen LogP contribution in [0.2, 0.25) is 0 Å². The summed E-state index contributed by atoms with van der Waals surface area (Å²) in [4.78, 5) is 3.99. The predicted octanol–water partition coefficient (Wildman–Crippen LogP) is 3.16. The van der Waals surface area contributed by atoms with Gasteiger partial charge in [-0.05, 0) is 38.1 Å². The van der Waals surface area contributed by atoms with E-state index in [1.54, 1.807) is 24.7 Å². The van der Waals surface area contributed by atoms with Gasteiger partial charge in [0.25, 0.3) is 0 Å². The van der Waals surface area contributed by atoms with Crippen molar-refractivity contribution in [1.82, 2.24) is 14.9 Å². The summed E-state index contributed by atoms with van der Waals surface area (Å²) in [5.74, 6) is 0.490. The predicted molar refractivity (Wildman–Crippen MR) is 80.8 cm³/mol. The minimum absolute atomic E-state index is 0.0592. The molecule has 21 heavy (non-hydrogen) atoms. The van der Waals surface area contributed by atoms with E-state index in [0.29, 0.717) is 13.2 Å². The van der Waals surface area contributed by atoms with Gasteiger partial charge < -0.3 is 14.6 Å².